The van der Waals surface area contributed by atoms with E-state index in [-0.39, 0.29) is 18.1 Å². The van der Waals surface area contributed by atoms with Gasteiger partial charge in [-0.3, -0.25) is 4.79 Å². The van der Waals surface area contributed by atoms with Crippen LogP contribution in [0.2, 0.25) is 0 Å². The molecule has 116 valence electrons. The standard InChI is InChI=1S/C15H23N3O3/c1-10(2)21-14-8-11(4-5-12(14)16)18-6-7-20-9-13(18)15(19)17-3/h4-5,8,10,13H,6-7,9,16H2,1-3H3,(H,17,19). The van der Waals surface area contributed by atoms with Crippen LogP contribution < -0.4 is 20.7 Å². The lowest BCUT2D eigenvalue weighted by Crippen LogP contribution is -2.53. The molecule has 1 amide bonds. The molecule has 1 aromatic carbocycles. The SMILES string of the molecule is CNC(=O)C1COCCN1c1ccc(N)c(OC(C)C)c1. The number of likely N-dealkylation sites (N-methyl/N-ethyl adjacent to an activating group) is 1. The average Bonchev–Trinajstić information content (AvgIpc) is 2.48. The first-order valence-corrected chi connectivity index (χ1v) is 7.15. The second-order valence-electron chi connectivity index (χ2n) is 5.29. The van der Waals surface area contributed by atoms with Crippen LogP contribution >= 0.6 is 0 Å². The third-order valence-electron chi connectivity index (χ3n) is 3.37. The lowest BCUT2D eigenvalue weighted by molar-refractivity contribution is -0.124. The lowest BCUT2D eigenvalue weighted by Gasteiger charge is -2.36. The quantitative estimate of drug-likeness (QED) is 0.810. The van der Waals surface area contributed by atoms with Crippen molar-refractivity contribution < 1.29 is 14.3 Å². The van der Waals surface area contributed by atoms with Crippen molar-refractivity contribution in [1.29, 1.82) is 0 Å². The molecule has 0 bridgehead atoms. The fourth-order valence-electron chi connectivity index (χ4n) is 2.35. The minimum Gasteiger partial charge on any atom is -0.489 e. The van der Waals surface area contributed by atoms with Gasteiger partial charge < -0.3 is 25.4 Å². The summed E-state index contributed by atoms with van der Waals surface area (Å²) >= 11 is 0. The van der Waals surface area contributed by atoms with Gasteiger partial charge in [-0.25, -0.2) is 0 Å². The van der Waals surface area contributed by atoms with Crippen molar-refractivity contribution in [2.24, 2.45) is 0 Å². The molecule has 3 N–H and O–H groups in total. The Bertz CT molecular complexity index is 505. The number of anilines is 2. The van der Waals surface area contributed by atoms with E-state index in [9.17, 15) is 4.79 Å². The van der Waals surface area contributed by atoms with Gasteiger partial charge >= 0.3 is 0 Å². The fourth-order valence-corrected chi connectivity index (χ4v) is 2.35. The molecule has 6 nitrogen and oxygen atoms in total. The van der Waals surface area contributed by atoms with E-state index in [0.717, 1.165) is 5.69 Å². The predicted octanol–water partition coefficient (Wildman–Crippen LogP) is 1.01. The van der Waals surface area contributed by atoms with Crippen LogP contribution in [0.4, 0.5) is 11.4 Å². The number of nitrogens with zero attached hydrogens (tertiary/aromatic N) is 1. The van der Waals surface area contributed by atoms with Crippen LogP contribution in [0.5, 0.6) is 5.75 Å². The normalized spacial score (nSPS) is 18.7. The van der Waals surface area contributed by atoms with Crippen LogP contribution in [0.15, 0.2) is 18.2 Å². The monoisotopic (exact) mass is 293 g/mol. The predicted molar refractivity (Wildman–Crippen MR) is 82.6 cm³/mol. The molecule has 0 radical (unpaired) electrons. The summed E-state index contributed by atoms with van der Waals surface area (Å²) in [7, 11) is 1.63. The van der Waals surface area contributed by atoms with Crippen LogP contribution in [0.3, 0.4) is 0 Å². The van der Waals surface area contributed by atoms with Gasteiger partial charge in [0.05, 0.1) is 25.0 Å². The molecule has 2 rings (SSSR count). The number of hydrogen-bond acceptors (Lipinski definition) is 5. The molecule has 1 heterocycles. The zero-order valence-corrected chi connectivity index (χ0v) is 12.8. The minimum absolute atomic E-state index is 0.0435. The number of nitrogens with one attached hydrogen (secondary N) is 1. The van der Waals surface area contributed by atoms with Gasteiger partial charge in [0, 0.05) is 25.3 Å². The molecule has 1 aliphatic rings. The van der Waals surface area contributed by atoms with Crippen molar-refractivity contribution in [2.75, 3.05) is 37.4 Å². The van der Waals surface area contributed by atoms with Crippen LogP contribution in [0.1, 0.15) is 13.8 Å². The molecule has 1 fully saturated rings. The maximum atomic E-state index is 12.0. The minimum atomic E-state index is -0.334. The highest BCUT2D eigenvalue weighted by Gasteiger charge is 2.29. The molecule has 1 saturated heterocycles. The Morgan fingerprint density at radius 1 is 1.52 bits per heavy atom. The van der Waals surface area contributed by atoms with E-state index in [1.807, 2.05) is 36.9 Å². The topological polar surface area (TPSA) is 76.8 Å². The lowest BCUT2D eigenvalue weighted by atomic mass is 10.1. The van der Waals surface area contributed by atoms with Crippen molar-refractivity contribution in [3.63, 3.8) is 0 Å². The molecule has 1 aliphatic heterocycles. The number of carbonyl (C=O) groups excluding carboxylic acids is 1. The summed E-state index contributed by atoms with van der Waals surface area (Å²) in [5.41, 5.74) is 7.45. The Morgan fingerprint density at radius 3 is 2.95 bits per heavy atom. The number of hydrogen-bond donors (Lipinski definition) is 2. The van der Waals surface area contributed by atoms with Crippen molar-refractivity contribution in [1.82, 2.24) is 5.32 Å². The number of benzene rings is 1. The third-order valence-corrected chi connectivity index (χ3v) is 3.37. The Labute approximate surface area is 125 Å². The third kappa shape index (κ3) is 3.58. The summed E-state index contributed by atoms with van der Waals surface area (Å²) < 4.78 is 11.1. The number of carbonyl (C=O) groups is 1. The first-order valence-electron chi connectivity index (χ1n) is 7.15. The van der Waals surface area contributed by atoms with Gasteiger partial charge in [0.2, 0.25) is 5.91 Å². The van der Waals surface area contributed by atoms with Gasteiger partial charge in [-0.15, -0.1) is 0 Å². The van der Waals surface area contributed by atoms with Crippen LogP contribution in [0.25, 0.3) is 0 Å². The van der Waals surface area contributed by atoms with E-state index in [4.69, 9.17) is 15.2 Å². The maximum Gasteiger partial charge on any atom is 0.244 e. The van der Waals surface area contributed by atoms with Gasteiger partial charge in [0.1, 0.15) is 11.8 Å². The Balaban J connectivity index is 2.28. The molecule has 21 heavy (non-hydrogen) atoms. The largest absolute Gasteiger partial charge is 0.489 e. The summed E-state index contributed by atoms with van der Waals surface area (Å²) in [6.45, 7) is 5.54. The molecule has 0 aromatic heterocycles. The number of nitrogens with two attached hydrogens (primary N) is 1. The van der Waals surface area contributed by atoms with Crippen LogP contribution in [-0.2, 0) is 9.53 Å². The first kappa shape index (κ1) is 15.4. The molecule has 1 unspecified atom stereocenters. The average molecular weight is 293 g/mol. The van der Waals surface area contributed by atoms with Gasteiger partial charge in [-0.05, 0) is 26.0 Å². The van der Waals surface area contributed by atoms with Gasteiger partial charge in [0.25, 0.3) is 0 Å². The van der Waals surface area contributed by atoms with E-state index in [1.54, 1.807) is 7.05 Å². The fraction of sp³-hybridized carbons (Fsp3) is 0.533. The van der Waals surface area contributed by atoms with E-state index >= 15 is 0 Å². The Hall–Kier alpha value is -1.95. The highest BCUT2D eigenvalue weighted by molar-refractivity contribution is 5.85. The Kier molecular flexibility index (Phi) is 4.90. The Morgan fingerprint density at radius 2 is 2.29 bits per heavy atom. The molecule has 6 heteroatoms. The van der Waals surface area contributed by atoms with Gasteiger partial charge in [0.15, 0.2) is 0 Å². The number of morpholine rings is 1. The molecule has 0 spiro atoms. The number of ether oxygens (including phenoxy) is 2. The van der Waals surface area contributed by atoms with Crippen LogP contribution in [0, 0.1) is 0 Å². The zero-order chi connectivity index (χ0) is 15.4. The molecule has 1 aromatic rings. The van der Waals surface area contributed by atoms with Gasteiger partial charge in [-0.1, -0.05) is 0 Å². The van der Waals surface area contributed by atoms with Crippen molar-refractivity contribution in [3.8, 4) is 5.75 Å². The van der Waals surface area contributed by atoms with Crippen molar-refractivity contribution in [2.45, 2.75) is 26.0 Å². The molecule has 0 saturated carbocycles. The van der Waals surface area contributed by atoms with Crippen LogP contribution in [-0.4, -0.2) is 44.9 Å². The highest BCUT2D eigenvalue weighted by atomic mass is 16.5. The summed E-state index contributed by atoms with van der Waals surface area (Å²) in [5.74, 6) is 0.586. The summed E-state index contributed by atoms with van der Waals surface area (Å²) in [6, 6.07) is 5.27. The number of rotatable bonds is 4. The molecule has 1 atom stereocenters. The van der Waals surface area contributed by atoms with Gasteiger partial charge in [-0.2, -0.15) is 0 Å². The van der Waals surface area contributed by atoms with Crippen molar-refractivity contribution >= 4 is 17.3 Å². The molecular weight excluding hydrogens is 270 g/mol. The maximum absolute atomic E-state index is 12.0. The van der Waals surface area contributed by atoms with E-state index in [0.29, 0.717) is 31.2 Å². The number of nitrogen functional groups attached to an aromatic ring is 1. The summed E-state index contributed by atoms with van der Waals surface area (Å²) in [5, 5.41) is 2.68. The summed E-state index contributed by atoms with van der Waals surface area (Å²) in [6.07, 6.45) is 0.0435. The van der Waals surface area contributed by atoms with E-state index in [2.05, 4.69) is 5.32 Å². The zero-order valence-electron chi connectivity index (χ0n) is 12.8. The number of amides is 1. The smallest absolute Gasteiger partial charge is 0.244 e. The van der Waals surface area contributed by atoms with Crippen molar-refractivity contribution in [3.05, 3.63) is 18.2 Å². The first-order chi connectivity index (χ1) is 10.0. The second kappa shape index (κ2) is 6.67. The highest BCUT2D eigenvalue weighted by Crippen LogP contribution is 2.30. The summed E-state index contributed by atoms with van der Waals surface area (Å²) in [4.78, 5) is 14.0. The molecule has 0 aliphatic carbocycles. The van der Waals surface area contributed by atoms with E-state index in [1.165, 1.54) is 0 Å². The second-order valence-corrected chi connectivity index (χ2v) is 5.29. The van der Waals surface area contributed by atoms with E-state index < -0.39 is 0 Å². The molecular formula is C15H23N3O3.